The van der Waals surface area contributed by atoms with Crippen LogP contribution in [0.1, 0.15) is 24.8 Å². The van der Waals surface area contributed by atoms with Crippen LogP contribution in [0, 0.1) is 11.7 Å². The zero-order chi connectivity index (χ0) is 12.7. The fraction of sp³-hybridized carbons (Fsp3) is 0.467. The third kappa shape index (κ3) is 2.03. The van der Waals surface area contributed by atoms with E-state index in [-0.39, 0.29) is 5.82 Å². The lowest BCUT2D eigenvalue weighted by Gasteiger charge is -2.12. The third-order valence-corrected chi connectivity index (χ3v) is 4.08. The van der Waals surface area contributed by atoms with Crippen molar-refractivity contribution < 1.29 is 4.39 Å². The van der Waals surface area contributed by atoms with Crippen molar-refractivity contribution >= 4 is 10.9 Å². The Morgan fingerprint density at radius 1 is 1.44 bits per heavy atom. The standard InChI is InChI=1S/C15H19FN2/c1-3-18(2)9-10-6-12(10)14-8-17-15-5-4-11(16)7-13(14)15/h4-5,7-8,10,12,17H,3,6,9H2,1-2H3/t10-,12-/m0/s1. The van der Waals surface area contributed by atoms with E-state index in [1.165, 1.54) is 18.1 Å². The molecule has 1 saturated carbocycles. The lowest BCUT2D eigenvalue weighted by Crippen LogP contribution is -2.20. The van der Waals surface area contributed by atoms with E-state index >= 15 is 0 Å². The molecule has 0 bridgehead atoms. The van der Waals surface area contributed by atoms with Gasteiger partial charge in [0.25, 0.3) is 0 Å². The minimum atomic E-state index is -0.147. The maximum absolute atomic E-state index is 13.3. The van der Waals surface area contributed by atoms with Gasteiger partial charge in [-0.2, -0.15) is 0 Å². The van der Waals surface area contributed by atoms with E-state index in [1.54, 1.807) is 6.07 Å². The quantitative estimate of drug-likeness (QED) is 0.876. The molecule has 0 spiro atoms. The number of nitrogens with one attached hydrogen (secondary N) is 1. The van der Waals surface area contributed by atoms with Crippen LogP contribution >= 0.6 is 0 Å². The molecule has 1 heterocycles. The lowest BCUT2D eigenvalue weighted by molar-refractivity contribution is 0.335. The highest BCUT2D eigenvalue weighted by molar-refractivity contribution is 5.84. The molecule has 1 aromatic carbocycles. The molecule has 96 valence electrons. The molecule has 1 aliphatic carbocycles. The highest BCUT2D eigenvalue weighted by Gasteiger charge is 2.39. The number of rotatable bonds is 4. The lowest BCUT2D eigenvalue weighted by atomic mass is 10.1. The molecule has 1 aliphatic rings. The molecule has 0 amide bonds. The summed E-state index contributed by atoms with van der Waals surface area (Å²) in [4.78, 5) is 5.59. The van der Waals surface area contributed by atoms with Gasteiger partial charge in [-0.3, -0.25) is 0 Å². The molecular formula is C15H19FN2. The van der Waals surface area contributed by atoms with E-state index in [0.717, 1.165) is 29.9 Å². The number of H-pyrrole nitrogens is 1. The number of hydrogen-bond acceptors (Lipinski definition) is 1. The molecule has 3 rings (SSSR count). The smallest absolute Gasteiger partial charge is 0.123 e. The Labute approximate surface area is 107 Å². The van der Waals surface area contributed by atoms with E-state index in [1.807, 2.05) is 6.07 Å². The maximum atomic E-state index is 13.3. The average molecular weight is 246 g/mol. The van der Waals surface area contributed by atoms with Crippen LogP contribution in [0.3, 0.4) is 0 Å². The molecule has 2 aromatic rings. The summed E-state index contributed by atoms with van der Waals surface area (Å²) in [7, 11) is 2.16. The van der Waals surface area contributed by atoms with Crippen LogP contribution in [-0.2, 0) is 0 Å². The maximum Gasteiger partial charge on any atom is 0.123 e. The van der Waals surface area contributed by atoms with Crippen LogP contribution in [0.5, 0.6) is 0 Å². The monoisotopic (exact) mass is 246 g/mol. The Morgan fingerprint density at radius 2 is 2.28 bits per heavy atom. The largest absolute Gasteiger partial charge is 0.361 e. The fourth-order valence-electron chi connectivity index (χ4n) is 2.78. The molecule has 1 fully saturated rings. The Balaban J connectivity index is 1.82. The Hall–Kier alpha value is -1.35. The van der Waals surface area contributed by atoms with E-state index in [4.69, 9.17) is 0 Å². The summed E-state index contributed by atoms with van der Waals surface area (Å²) < 4.78 is 13.3. The molecule has 0 radical (unpaired) electrons. The number of fused-ring (bicyclic) bond motifs is 1. The summed E-state index contributed by atoms with van der Waals surface area (Å²) >= 11 is 0. The third-order valence-electron chi connectivity index (χ3n) is 4.08. The topological polar surface area (TPSA) is 19.0 Å². The van der Waals surface area contributed by atoms with Gasteiger partial charge in [0.1, 0.15) is 5.82 Å². The first-order valence-corrected chi connectivity index (χ1v) is 6.64. The molecule has 18 heavy (non-hydrogen) atoms. The van der Waals surface area contributed by atoms with Crippen LogP contribution in [0.25, 0.3) is 10.9 Å². The van der Waals surface area contributed by atoms with Gasteiger partial charge in [-0.05, 0) is 55.6 Å². The van der Waals surface area contributed by atoms with Crippen molar-refractivity contribution in [2.45, 2.75) is 19.3 Å². The normalized spacial score (nSPS) is 22.9. The van der Waals surface area contributed by atoms with Crippen molar-refractivity contribution in [1.82, 2.24) is 9.88 Å². The Kier molecular flexibility index (Phi) is 2.86. The van der Waals surface area contributed by atoms with Crippen molar-refractivity contribution in [1.29, 1.82) is 0 Å². The van der Waals surface area contributed by atoms with Gasteiger partial charge in [0.05, 0.1) is 0 Å². The van der Waals surface area contributed by atoms with Crippen LogP contribution in [-0.4, -0.2) is 30.0 Å². The van der Waals surface area contributed by atoms with Crippen molar-refractivity contribution in [3.8, 4) is 0 Å². The molecule has 0 aliphatic heterocycles. The summed E-state index contributed by atoms with van der Waals surface area (Å²) in [6.07, 6.45) is 3.29. The van der Waals surface area contributed by atoms with Crippen LogP contribution in [0.2, 0.25) is 0 Å². The van der Waals surface area contributed by atoms with Gasteiger partial charge in [-0.25, -0.2) is 4.39 Å². The predicted octanol–water partition coefficient (Wildman–Crippen LogP) is 3.36. The molecule has 2 atom stereocenters. The highest BCUT2D eigenvalue weighted by atomic mass is 19.1. The van der Waals surface area contributed by atoms with Gasteiger partial charge >= 0.3 is 0 Å². The molecular weight excluding hydrogens is 227 g/mol. The number of aromatic nitrogens is 1. The highest BCUT2D eigenvalue weighted by Crippen LogP contribution is 2.49. The number of aromatic amines is 1. The molecule has 0 unspecified atom stereocenters. The van der Waals surface area contributed by atoms with E-state index < -0.39 is 0 Å². The van der Waals surface area contributed by atoms with Crippen LogP contribution < -0.4 is 0 Å². The predicted molar refractivity (Wildman–Crippen MR) is 72.3 cm³/mol. The zero-order valence-electron chi connectivity index (χ0n) is 10.9. The summed E-state index contributed by atoms with van der Waals surface area (Å²) in [6.45, 7) is 4.41. The van der Waals surface area contributed by atoms with E-state index in [2.05, 4.69) is 30.1 Å². The zero-order valence-corrected chi connectivity index (χ0v) is 10.9. The van der Waals surface area contributed by atoms with Gasteiger partial charge in [-0.15, -0.1) is 0 Å². The van der Waals surface area contributed by atoms with Crippen LogP contribution in [0.4, 0.5) is 4.39 Å². The number of nitrogens with zero attached hydrogens (tertiary/aromatic N) is 1. The number of hydrogen-bond donors (Lipinski definition) is 1. The van der Waals surface area contributed by atoms with Gasteiger partial charge in [0.15, 0.2) is 0 Å². The number of halogens is 1. The summed E-state index contributed by atoms with van der Waals surface area (Å²) in [5, 5.41) is 1.06. The van der Waals surface area contributed by atoms with Crippen molar-refractivity contribution in [2.75, 3.05) is 20.1 Å². The second-order valence-electron chi connectivity index (χ2n) is 5.39. The second-order valence-corrected chi connectivity index (χ2v) is 5.39. The Bertz CT molecular complexity index is 561. The summed E-state index contributed by atoms with van der Waals surface area (Å²) in [6, 6.07) is 4.99. The first-order valence-electron chi connectivity index (χ1n) is 6.64. The first-order chi connectivity index (χ1) is 8.69. The second kappa shape index (κ2) is 4.39. The minimum absolute atomic E-state index is 0.147. The van der Waals surface area contributed by atoms with Gasteiger partial charge in [-0.1, -0.05) is 6.92 Å². The molecule has 2 nitrogen and oxygen atoms in total. The number of benzene rings is 1. The molecule has 1 N–H and O–H groups in total. The average Bonchev–Trinajstić information content (AvgIpc) is 2.99. The SMILES string of the molecule is CCN(C)C[C@@H]1C[C@@H]1c1c[nH]c2ccc(F)cc12. The molecule has 1 aromatic heterocycles. The van der Waals surface area contributed by atoms with Gasteiger partial charge < -0.3 is 9.88 Å². The first kappa shape index (κ1) is 11.7. The van der Waals surface area contributed by atoms with E-state index in [0.29, 0.717) is 5.92 Å². The molecule has 0 saturated heterocycles. The van der Waals surface area contributed by atoms with Crippen LogP contribution in [0.15, 0.2) is 24.4 Å². The van der Waals surface area contributed by atoms with E-state index in [9.17, 15) is 4.39 Å². The van der Waals surface area contributed by atoms with Crippen molar-refractivity contribution in [3.05, 3.63) is 35.8 Å². The Morgan fingerprint density at radius 3 is 3.06 bits per heavy atom. The van der Waals surface area contributed by atoms with Crippen molar-refractivity contribution in [3.63, 3.8) is 0 Å². The van der Waals surface area contributed by atoms with Gasteiger partial charge in [0.2, 0.25) is 0 Å². The van der Waals surface area contributed by atoms with Crippen molar-refractivity contribution in [2.24, 2.45) is 5.92 Å². The minimum Gasteiger partial charge on any atom is -0.361 e. The summed E-state index contributed by atoms with van der Waals surface area (Å²) in [5.74, 6) is 1.19. The fourth-order valence-corrected chi connectivity index (χ4v) is 2.78. The van der Waals surface area contributed by atoms with Gasteiger partial charge in [0, 0.05) is 23.6 Å². The summed E-state index contributed by atoms with van der Waals surface area (Å²) in [5.41, 5.74) is 2.33. The molecule has 3 heteroatoms.